The first-order valence-electron chi connectivity index (χ1n) is 29.0. The van der Waals surface area contributed by atoms with Crippen molar-refractivity contribution in [1.29, 1.82) is 0 Å². The van der Waals surface area contributed by atoms with Gasteiger partial charge in [0, 0.05) is 46.4 Å². The fraction of sp³-hybridized carbons (Fsp3) is 0.841. The van der Waals surface area contributed by atoms with Crippen LogP contribution in [-0.4, -0.2) is 123 Å². The number of aliphatic carboxylic acids is 2. The van der Waals surface area contributed by atoms with E-state index in [-0.39, 0.29) is 69.6 Å². The average molecular weight is 1190 g/mol. The monoisotopic (exact) mass is 1190 g/mol. The normalized spacial score (nSPS) is 9.65. The van der Waals surface area contributed by atoms with Gasteiger partial charge in [0.05, 0.1) is 13.2 Å². The summed E-state index contributed by atoms with van der Waals surface area (Å²) in [4.78, 5) is 75.5. The van der Waals surface area contributed by atoms with Gasteiger partial charge in [-0.1, -0.05) is 168 Å². The Labute approximate surface area is 501 Å². The summed E-state index contributed by atoms with van der Waals surface area (Å²) in [5.74, 6) is 1.98. The predicted molar refractivity (Wildman–Crippen MR) is 334 cm³/mol. The van der Waals surface area contributed by atoms with Crippen LogP contribution in [0.5, 0.6) is 0 Å². The Morgan fingerprint density at radius 1 is 0.476 bits per heavy atom. The molecule has 0 aliphatic carbocycles. The van der Waals surface area contributed by atoms with Gasteiger partial charge in [-0.2, -0.15) is 0 Å². The van der Waals surface area contributed by atoms with Crippen LogP contribution in [0.25, 0.3) is 0 Å². The van der Waals surface area contributed by atoms with Gasteiger partial charge in [0.2, 0.25) is 0 Å². The van der Waals surface area contributed by atoms with Gasteiger partial charge in [-0.3, -0.25) is 24.0 Å². The van der Waals surface area contributed by atoms with Crippen molar-refractivity contribution in [2.24, 2.45) is 41.4 Å². The molecule has 19 heteroatoms. The SMILES string of the molecule is C.CC(C)CCCC(=O)O.CC(C)CCCC(=O)O.CC(C)CCCC(=O)OCC(COC(=O)CCCC(C)C)OC(=O)CCCC(C)C.CC(C)CCCC=O.CC(C)CCCC=O.CCC=C(C)C.O.O.O.OCC(O)CO.[C-]#[O+].[HH]. The number of aldehydes is 2. The van der Waals surface area contributed by atoms with Gasteiger partial charge in [0.1, 0.15) is 31.9 Å². The summed E-state index contributed by atoms with van der Waals surface area (Å²) in [6, 6.07) is 0. The molecule has 0 saturated heterocycles. The van der Waals surface area contributed by atoms with Gasteiger partial charge in [0.15, 0.2) is 6.10 Å². The summed E-state index contributed by atoms with van der Waals surface area (Å²) in [7, 11) is 0. The maximum atomic E-state index is 12.1. The van der Waals surface area contributed by atoms with Crippen LogP contribution in [0.1, 0.15) is 268 Å². The number of ether oxygens (including phenoxy) is 3. The zero-order valence-electron chi connectivity index (χ0n) is 54.0. The number of unbranched alkanes of at least 4 members (excludes halogenated alkanes) is 2. The second-order valence-corrected chi connectivity index (χ2v) is 22.4. The molecule has 0 saturated carbocycles. The number of hydrogen-bond donors (Lipinski definition) is 5. The van der Waals surface area contributed by atoms with E-state index < -0.39 is 24.1 Å². The van der Waals surface area contributed by atoms with E-state index in [4.69, 9.17) is 44.4 Å². The molecule has 0 aromatic heterocycles. The maximum Gasteiger partial charge on any atom is 0 e. The van der Waals surface area contributed by atoms with Crippen LogP contribution in [-0.2, 0) is 52.4 Å². The molecule has 11 N–H and O–H groups in total. The van der Waals surface area contributed by atoms with E-state index in [0.717, 1.165) is 114 Å². The fourth-order valence-electron chi connectivity index (χ4n) is 5.85. The Hall–Kier alpha value is -4.07. The van der Waals surface area contributed by atoms with Crippen molar-refractivity contribution in [2.45, 2.75) is 279 Å². The van der Waals surface area contributed by atoms with Gasteiger partial charge >= 0.3 is 41.1 Å². The summed E-state index contributed by atoms with van der Waals surface area (Å²) in [6.07, 6.45) is 20.0. The van der Waals surface area contributed by atoms with Gasteiger partial charge in [-0.25, -0.2) is 0 Å². The van der Waals surface area contributed by atoms with Crippen molar-refractivity contribution in [3.8, 4) is 0 Å². The number of aliphatic hydroxyl groups is 3. The molecule has 0 aromatic rings. The number of hydrogen-bond acceptors (Lipinski definition) is 13. The molecule has 82 heavy (non-hydrogen) atoms. The molecular formula is C63H132O19. The molecule has 0 radical (unpaired) electrons. The van der Waals surface area contributed by atoms with Crippen LogP contribution in [0.3, 0.4) is 0 Å². The molecule has 0 amide bonds. The Bertz CT molecular complexity index is 1320. The first-order chi connectivity index (χ1) is 36.5. The van der Waals surface area contributed by atoms with E-state index in [0.29, 0.717) is 61.7 Å². The summed E-state index contributed by atoms with van der Waals surface area (Å²) < 4.78 is 23.5. The van der Waals surface area contributed by atoms with Gasteiger partial charge in [-0.15, -0.1) is 0 Å². The van der Waals surface area contributed by atoms with E-state index in [1.807, 2.05) is 0 Å². The molecule has 0 unspecified atom stereocenters. The molecule has 0 bridgehead atoms. The molecule has 0 aliphatic rings. The third-order valence-electron chi connectivity index (χ3n) is 10.2. The number of allylic oxidation sites excluding steroid dienone is 2. The average Bonchev–Trinajstić information content (AvgIpc) is 3.33. The second-order valence-electron chi connectivity index (χ2n) is 22.4. The molecular weight excluding hydrogens is 1060 g/mol. The molecule has 0 fully saturated rings. The summed E-state index contributed by atoms with van der Waals surface area (Å²) in [5.41, 5.74) is 1.41. The Kier molecular flexibility index (Phi) is 108. The number of rotatable bonds is 36. The first-order valence-corrected chi connectivity index (χ1v) is 29.0. The zero-order valence-corrected chi connectivity index (χ0v) is 54.0. The topological polar surface area (TPSA) is 363 Å². The molecule has 0 aliphatic heterocycles. The van der Waals surface area contributed by atoms with Crippen molar-refractivity contribution in [3.63, 3.8) is 0 Å². The molecule has 498 valence electrons. The fourth-order valence-corrected chi connectivity index (χ4v) is 5.85. The zero-order chi connectivity index (χ0) is 62.3. The van der Waals surface area contributed by atoms with E-state index in [9.17, 15) is 33.6 Å². The number of esters is 3. The quantitative estimate of drug-likeness (QED) is 0.00740. The van der Waals surface area contributed by atoms with Crippen LogP contribution < -0.4 is 0 Å². The minimum atomic E-state index is -0.954. The predicted octanol–water partition coefficient (Wildman–Crippen LogP) is 12.3. The van der Waals surface area contributed by atoms with Gasteiger partial charge in [-0.05, 0) is 107 Å². The molecule has 0 rings (SSSR count). The van der Waals surface area contributed by atoms with E-state index in [1.54, 1.807) is 0 Å². The van der Waals surface area contributed by atoms with E-state index in [1.165, 1.54) is 24.8 Å². The van der Waals surface area contributed by atoms with Gasteiger partial charge in [0.25, 0.3) is 0 Å². The maximum absolute atomic E-state index is 12.1. The Balaban J connectivity index is -0.0000000695. The Morgan fingerprint density at radius 3 is 0.902 bits per heavy atom. The second kappa shape index (κ2) is 83.4. The third-order valence-corrected chi connectivity index (χ3v) is 10.2. The van der Waals surface area contributed by atoms with Crippen molar-refractivity contribution in [3.05, 3.63) is 18.3 Å². The van der Waals surface area contributed by atoms with E-state index in [2.05, 4.69) is 130 Å². The van der Waals surface area contributed by atoms with Crippen LogP contribution >= 0.6 is 0 Å². The van der Waals surface area contributed by atoms with Crippen molar-refractivity contribution >= 4 is 42.4 Å². The van der Waals surface area contributed by atoms with Crippen LogP contribution in [0, 0.1) is 48.1 Å². The van der Waals surface area contributed by atoms with E-state index >= 15 is 0 Å². The number of carbonyl (C=O) groups is 7. The van der Waals surface area contributed by atoms with Gasteiger partial charge < -0.3 is 65.8 Å². The minimum Gasteiger partial charge on any atom is 0 e. The van der Waals surface area contributed by atoms with Crippen molar-refractivity contribution < 1.29 is 95.8 Å². The molecule has 0 aromatic carbocycles. The van der Waals surface area contributed by atoms with Crippen LogP contribution in [0.4, 0.5) is 0 Å². The number of carbonyl (C=O) groups excluding carboxylic acids is 5. The minimum absolute atomic E-state index is 0. The Morgan fingerprint density at radius 2 is 0.720 bits per heavy atom. The number of carboxylic acid groups (broad SMARTS) is 2. The van der Waals surface area contributed by atoms with Crippen molar-refractivity contribution in [1.82, 2.24) is 0 Å². The number of aliphatic hydroxyl groups excluding tert-OH is 3. The van der Waals surface area contributed by atoms with Crippen LogP contribution in [0.15, 0.2) is 11.6 Å². The summed E-state index contributed by atoms with van der Waals surface area (Å²) in [6.45, 7) is 39.7. The van der Waals surface area contributed by atoms with Crippen molar-refractivity contribution in [2.75, 3.05) is 26.4 Å². The standard InChI is InChI=1S/C24H44O6.2C7H14O2.2C7H14O.C6H12.C3H8O3.CO.CH4.3H2O.H2/c1-18(2)10-7-13-22(25)28-16-21(30-24(27)15-9-12-20(5)6)17-29-23(26)14-8-11-19(3)4;2*1-6(2)4-3-5-7(8)9;2*1-7(2)5-3-4-6-8;1-4-5-6(2)3;4-1-3(6)2-5;1-2;;;;;/h18-21H,7-17H2,1-6H3;2*6H,3-5H2,1-2H3,(H,8,9);2*6-7H,3-5H2,1-2H3;5H,4H2,1-3H3;3-6H,1-2H2;;1H4;3*1H2;1H. The first kappa shape index (κ1) is 106. The summed E-state index contributed by atoms with van der Waals surface area (Å²) in [5, 5.41) is 40.5. The number of carboxylic acids is 2. The largest absolute Gasteiger partial charge is 0 e. The molecule has 0 heterocycles. The smallest absolute Gasteiger partial charge is 0 e. The molecule has 0 spiro atoms. The van der Waals surface area contributed by atoms with Crippen LogP contribution in [0.2, 0.25) is 0 Å². The molecule has 19 nitrogen and oxygen atoms in total. The molecule has 0 atom stereocenters. The summed E-state index contributed by atoms with van der Waals surface area (Å²) >= 11 is 0. The third kappa shape index (κ3) is 132.